The van der Waals surface area contributed by atoms with Gasteiger partial charge in [-0.3, -0.25) is 14.6 Å². The van der Waals surface area contributed by atoms with E-state index >= 15 is 0 Å². The lowest BCUT2D eigenvalue weighted by Crippen LogP contribution is -2.32. The molecule has 1 aromatic carbocycles. The Labute approximate surface area is 142 Å². The van der Waals surface area contributed by atoms with Crippen LogP contribution in [0.3, 0.4) is 0 Å². The van der Waals surface area contributed by atoms with E-state index in [-0.39, 0.29) is 23.2 Å². The third-order valence-corrected chi connectivity index (χ3v) is 3.67. The predicted octanol–water partition coefficient (Wildman–Crippen LogP) is 2.46. The number of H-pyrrole nitrogens is 1. The standard InChI is InChI=1S/C18H15FN4O2/c1-11(12-5-7-13(19)8-6-12)22-17(24)14-10-21-16(23-18(14)25)15-4-2-3-9-20-15/h2-11H,1H3,(H,22,24)(H,21,23,25). The fourth-order valence-electron chi connectivity index (χ4n) is 2.30. The number of amides is 1. The zero-order valence-corrected chi connectivity index (χ0v) is 13.4. The number of aromatic nitrogens is 3. The predicted molar refractivity (Wildman–Crippen MR) is 90.4 cm³/mol. The van der Waals surface area contributed by atoms with Gasteiger partial charge < -0.3 is 10.3 Å². The topological polar surface area (TPSA) is 87.7 Å². The van der Waals surface area contributed by atoms with Crippen LogP contribution in [-0.2, 0) is 0 Å². The maximum Gasteiger partial charge on any atom is 0.264 e. The zero-order valence-electron chi connectivity index (χ0n) is 13.4. The molecule has 0 aliphatic carbocycles. The van der Waals surface area contributed by atoms with Gasteiger partial charge in [0.25, 0.3) is 11.5 Å². The molecule has 0 radical (unpaired) electrons. The molecule has 1 atom stereocenters. The SMILES string of the molecule is CC(NC(=O)c1cnc(-c2ccccn2)[nH]c1=O)c1ccc(F)cc1. The van der Waals surface area contributed by atoms with Gasteiger partial charge in [0, 0.05) is 12.4 Å². The number of hydrogen-bond acceptors (Lipinski definition) is 4. The molecule has 1 amide bonds. The molecule has 126 valence electrons. The van der Waals surface area contributed by atoms with Crippen LogP contribution >= 0.6 is 0 Å². The molecule has 0 spiro atoms. The first-order valence-electron chi connectivity index (χ1n) is 7.61. The maximum absolute atomic E-state index is 13.0. The molecule has 25 heavy (non-hydrogen) atoms. The van der Waals surface area contributed by atoms with Crippen molar-refractivity contribution in [3.05, 3.63) is 82.2 Å². The van der Waals surface area contributed by atoms with Crippen molar-refractivity contribution in [3.8, 4) is 11.5 Å². The Morgan fingerprint density at radius 3 is 2.56 bits per heavy atom. The average Bonchev–Trinajstić information content (AvgIpc) is 2.62. The van der Waals surface area contributed by atoms with Crippen LogP contribution in [0.1, 0.15) is 28.9 Å². The molecule has 0 bridgehead atoms. The summed E-state index contributed by atoms with van der Waals surface area (Å²) in [7, 11) is 0. The van der Waals surface area contributed by atoms with Crippen LogP contribution < -0.4 is 10.9 Å². The number of carbonyl (C=O) groups is 1. The van der Waals surface area contributed by atoms with E-state index in [1.165, 1.54) is 18.3 Å². The second-order valence-corrected chi connectivity index (χ2v) is 5.44. The highest BCUT2D eigenvalue weighted by Crippen LogP contribution is 2.13. The summed E-state index contributed by atoms with van der Waals surface area (Å²) in [5.41, 5.74) is 0.573. The van der Waals surface area contributed by atoms with Crippen LogP contribution in [0.15, 0.2) is 59.7 Å². The van der Waals surface area contributed by atoms with Crippen molar-refractivity contribution in [3.63, 3.8) is 0 Å². The average molecular weight is 338 g/mol. The second kappa shape index (κ2) is 7.04. The number of rotatable bonds is 4. The van der Waals surface area contributed by atoms with Crippen molar-refractivity contribution in [2.45, 2.75) is 13.0 Å². The van der Waals surface area contributed by atoms with Crippen LogP contribution in [0.5, 0.6) is 0 Å². The smallest absolute Gasteiger partial charge is 0.264 e. The Bertz CT molecular complexity index is 939. The molecule has 0 saturated carbocycles. The third-order valence-electron chi connectivity index (χ3n) is 3.67. The summed E-state index contributed by atoms with van der Waals surface area (Å²) in [6.45, 7) is 1.75. The minimum atomic E-state index is -0.557. The molecule has 0 saturated heterocycles. The number of halogens is 1. The van der Waals surface area contributed by atoms with Crippen molar-refractivity contribution >= 4 is 5.91 Å². The van der Waals surface area contributed by atoms with E-state index in [9.17, 15) is 14.0 Å². The first-order chi connectivity index (χ1) is 12.0. The van der Waals surface area contributed by atoms with Gasteiger partial charge in [0.2, 0.25) is 0 Å². The summed E-state index contributed by atoms with van der Waals surface area (Å²) in [6, 6.07) is 10.6. The highest BCUT2D eigenvalue weighted by atomic mass is 19.1. The molecular formula is C18H15FN4O2. The Hall–Kier alpha value is -3.35. The summed E-state index contributed by atoms with van der Waals surface area (Å²) in [6.07, 6.45) is 2.80. The fourth-order valence-corrected chi connectivity index (χ4v) is 2.30. The van der Waals surface area contributed by atoms with E-state index in [1.54, 1.807) is 43.5 Å². The lowest BCUT2D eigenvalue weighted by molar-refractivity contribution is 0.0938. The Morgan fingerprint density at radius 2 is 1.92 bits per heavy atom. The Balaban J connectivity index is 1.78. The maximum atomic E-state index is 13.0. The number of hydrogen-bond donors (Lipinski definition) is 2. The molecule has 1 unspecified atom stereocenters. The summed E-state index contributed by atoms with van der Waals surface area (Å²) in [5.74, 6) is -0.625. The number of nitrogens with zero attached hydrogens (tertiary/aromatic N) is 2. The van der Waals surface area contributed by atoms with Crippen LogP contribution in [0, 0.1) is 5.82 Å². The van der Waals surface area contributed by atoms with Crippen molar-refractivity contribution in [2.24, 2.45) is 0 Å². The second-order valence-electron chi connectivity index (χ2n) is 5.44. The largest absolute Gasteiger partial charge is 0.345 e. The lowest BCUT2D eigenvalue weighted by atomic mass is 10.1. The minimum absolute atomic E-state index is 0.103. The van der Waals surface area contributed by atoms with Crippen LogP contribution in [-0.4, -0.2) is 20.9 Å². The quantitative estimate of drug-likeness (QED) is 0.765. The van der Waals surface area contributed by atoms with Gasteiger partial charge in [0.1, 0.15) is 17.1 Å². The zero-order chi connectivity index (χ0) is 17.8. The first-order valence-corrected chi connectivity index (χ1v) is 7.61. The van der Waals surface area contributed by atoms with Gasteiger partial charge in [-0.25, -0.2) is 9.37 Å². The van der Waals surface area contributed by atoms with E-state index in [0.29, 0.717) is 5.69 Å². The molecule has 3 rings (SSSR count). The normalized spacial score (nSPS) is 11.8. The molecule has 6 nitrogen and oxygen atoms in total. The summed E-state index contributed by atoms with van der Waals surface area (Å²) in [5, 5.41) is 2.69. The van der Waals surface area contributed by atoms with E-state index < -0.39 is 11.5 Å². The lowest BCUT2D eigenvalue weighted by Gasteiger charge is -2.14. The molecule has 0 aliphatic rings. The Morgan fingerprint density at radius 1 is 1.16 bits per heavy atom. The molecule has 3 aromatic rings. The van der Waals surface area contributed by atoms with Gasteiger partial charge in [-0.2, -0.15) is 0 Å². The number of carbonyl (C=O) groups excluding carboxylic acids is 1. The first kappa shape index (κ1) is 16.5. The van der Waals surface area contributed by atoms with Gasteiger partial charge in [-0.05, 0) is 36.8 Å². The molecule has 2 N–H and O–H groups in total. The van der Waals surface area contributed by atoms with Crippen LogP contribution in [0.25, 0.3) is 11.5 Å². The van der Waals surface area contributed by atoms with Crippen LogP contribution in [0.2, 0.25) is 0 Å². The van der Waals surface area contributed by atoms with Gasteiger partial charge >= 0.3 is 0 Å². The van der Waals surface area contributed by atoms with Gasteiger partial charge in [-0.15, -0.1) is 0 Å². The van der Waals surface area contributed by atoms with E-state index in [0.717, 1.165) is 5.56 Å². The highest BCUT2D eigenvalue weighted by Gasteiger charge is 2.16. The van der Waals surface area contributed by atoms with Gasteiger partial charge in [0.15, 0.2) is 5.82 Å². The summed E-state index contributed by atoms with van der Waals surface area (Å²) < 4.78 is 13.0. The van der Waals surface area contributed by atoms with Crippen molar-refractivity contribution in [1.82, 2.24) is 20.3 Å². The summed E-state index contributed by atoms with van der Waals surface area (Å²) >= 11 is 0. The number of benzene rings is 1. The molecule has 7 heteroatoms. The number of aromatic amines is 1. The van der Waals surface area contributed by atoms with E-state index in [2.05, 4.69) is 20.3 Å². The molecule has 0 fully saturated rings. The number of pyridine rings is 1. The monoisotopic (exact) mass is 338 g/mol. The van der Waals surface area contributed by atoms with E-state index in [1.807, 2.05) is 0 Å². The minimum Gasteiger partial charge on any atom is -0.345 e. The molecular weight excluding hydrogens is 323 g/mol. The highest BCUT2D eigenvalue weighted by molar-refractivity contribution is 5.93. The fraction of sp³-hybridized carbons (Fsp3) is 0.111. The third kappa shape index (κ3) is 3.77. The van der Waals surface area contributed by atoms with Crippen molar-refractivity contribution < 1.29 is 9.18 Å². The van der Waals surface area contributed by atoms with E-state index in [4.69, 9.17) is 0 Å². The van der Waals surface area contributed by atoms with Gasteiger partial charge in [-0.1, -0.05) is 18.2 Å². The number of nitrogens with one attached hydrogen (secondary N) is 2. The molecule has 2 aromatic heterocycles. The van der Waals surface area contributed by atoms with Crippen LogP contribution in [0.4, 0.5) is 4.39 Å². The Kier molecular flexibility index (Phi) is 4.65. The van der Waals surface area contributed by atoms with Crippen molar-refractivity contribution in [1.29, 1.82) is 0 Å². The molecule has 2 heterocycles. The van der Waals surface area contributed by atoms with Gasteiger partial charge in [0.05, 0.1) is 6.04 Å². The van der Waals surface area contributed by atoms with Crippen molar-refractivity contribution in [2.75, 3.05) is 0 Å². The summed E-state index contributed by atoms with van der Waals surface area (Å²) in [4.78, 5) is 35.2. The molecule has 0 aliphatic heterocycles.